The van der Waals surface area contributed by atoms with E-state index in [4.69, 9.17) is 19.7 Å². The summed E-state index contributed by atoms with van der Waals surface area (Å²) in [5.74, 6) is 1.12. The van der Waals surface area contributed by atoms with Crippen LogP contribution in [0.2, 0.25) is 0 Å². The average Bonchev–Trinajstić information content (AvgIpc) is 3.01. The largest absolute Gasteiger partial charge is 0.494 e. The van der Waals surface area contributed by atoms with E-state index in [1.807, 2.05) is 48.5 Å². The zero-order valence-corrected chi connectivity index (χ0v) is 25.6. The molecule has 2 rings (SSSR count). The molecule has 8 nitrogen and oxygen atoms in total. The highest BCUT2D eigenvalue weighted by Gasteiger charge is 2.02. The van der Waals surface area contributed by atoms with Crippen molar-refractivity contribution in [2.75, 3.05) is 19.8 Å². The molecule has 0 aliphatic rings. The zero-order valence-electron chi connectivity index (χ0n) is 25.6. The highest BCUT2D eigenvalue weighted by atomic mass is 16.5. The van der Waals surface area contributed by atoms with E-state index in [0.717, 1.165) is 74.2 Å². The summed E-state index contributed by atoms with van der Waals surface area (Å²) in [7, 11) is 0. The van der Waals surface area contributed by atoms with Crippen LogP contribution < -0.4 is 9.47 Å². The zero-order chi connectivity index (χ0) is 29.9. The number of carbonyl (C=O) groups is 1. The molecular weight excluding hydrogens is 528 g/mol. The van der Waals surface area contributed by atoms with Crippen LogP contribution in [0.3, 0.4) is 0 Å². The fraction of sp³-hybridized carbons (Fsp3) is 0.588. The molecule has 2 aromatic rings. The Morgan fingerprint density at radius 3 is 1.40 bits per heavy atom. The lowest BCUT2D eigenvalue weighted by Gasteiger charge is -2.07. The molecule has 0 aliphatic carbocycles. The maximum Gasteiger partial charge on any atom is 0.413 e. The second-order valence-electron chi connectivity index (χ2n) is 10.6. The van der Waals surface area contributed by atoms with E-state index in [-0.39, 0.29) is 0 Å². The maximum absolute atomic E-state index is 11.0. The number of hydrogen-bond donors (Lipinski definition) is 0. The standard InChI is InChI=1S/C34H50N4O4/c1-2-3-4-5-6-9-12-15-26-40-32-22-18-30(19-23-32)37-38-31-20-24-33(25-21-31)41-27-16-13-10-7-8-11-14-17-28-42-34(39)29-36-35/h18-25,29H,2-17,26-28H2,1H3/b38-37+. The van der Waals surface area contributed by atoms with E-state index < -0.39 is 5.97 Å². The molecule has 0 amide bonds. The first-order chi connectivity index (χ1) is 20.7. The van der Waals surface area contributed by atoms with Crippen LogP contribution >= 0.6 is 0 Å². The van der Waals surface area contributed by atoms with Crippen molar-refractivity contribution in [3.8, 4) is 11.5 Å². The Bertz CT molecular complexity index is 1030. The number of carbonyl (C=O) groups excluding carboxylic acids is 1. The molecule has 0 atom stereocenters. The number of ether oxygens (including phenoxy) is 3. The Labute approximate surface area is 252 Å². The van der Waals surface area contributed by atoms with Gasteiger partial charge in [-0.2, -0.15) is 15.0 Å². The maximum atomic E-state index is 11.0. The van der Waals surface area contributed by atoms with Crippen LogP contribution in [-0.4, -0.2) is 36.8 Å². The molecule has 0 fully saturated rings. The first kappa shape index (κ1) is 34.7. The van der Waals surface area contributed by atoms with Gasteiger partial charge in [-0.1, -0.05) is 90.4 Å². The molecule has 2 aromatic carbocycles. The van der Waals surface area contributed by atoms with Crippen LogP contribution in [0.4, 0.5) is 11.4 Å². The molecule has 42 heavy (non-hydrogen) atoms. The van der Waals surface area contributed by atoms with Gasteiger partial charge in [0.2, 0.25) is 0 Å². The van der Waals surface area contributed by atoms with Gasteiger partial charge in [0.25, 0.3) is 0 Å². The molecule has 8 heteroatoms. The predicted molar refractivity (Wildman–Crippen MR) is 168 cm³/mol. The van der Waals surface area contributed by atoms with Gasteiger partial charge >= 0.3 is 12.2 Å². The van der Waals surface area contributed by atoms with E-state index in [2.05, 4.69) is 21.9 Å². The highest BCUT2D eigenvalue weighted by Crippen LogP contribution is 2.23. The van der Waals surface area contributed by atoms with Gasteiger partial charge in [-0.05, 0) is 67.8 Å². The Morgan fingerprint density at radius 2 is 1.00 bits per heavy atom. The van der Waals surface area contributed by atoms with Gasteiger partial charge in [0.15, 0.2) is 0 Å². The topological polar surface area (TPSA) is 106 Å². The minimum atomic E-state index is -0.604. The monoisotopic (exact) mass is 578 g/mol. The van der Waals surface area contributed by atoms with Crippen molar-refractivity contribution >= 4 is 23.6 Å². The molecule has 0 radical (unpaired) electrons. The van der Waals surface area contributed by atoms with Crippen LogP contribution in [0.5, 0.6) is 11.5 Å². The lowest BCUT2D eigenvalue weighted by molar-refractivity contribution is -0.139. The van der Waals surface area contributed by atoms with Crippen molar-refractivity contribution in [2.24, 2.45) is 10.2 Å². The summed E-state index contributed by atoms with van der Waals surface area (Å²) in [6.45, 7) is 4.09. The molecule has 0 unspecified atom stereocenters. The fourth-order valence-electron chi connectivity index (χ4n) is 4.47. The van der Waals surface area contributed by atoms with Gasteiger partial charge in [-0.3, -0.25) is 0 Å². The molecule has 230 valence electrons. The number of hydrogen-bond acceptors (Lipinski definition) is 6. The molecule has 0 bridgehead atoms. The average molecular weight is 579 g/mol. The van der Waals surface area contributed by atoms with Crippen molar-refractivity contribution in [1.82, 2.24) is 0 Å². The third-order valence-corrected chi connectivity index (χ3v) is 6.94. The number of benzene rings is 2. The predicted octanol–water partition coefficient (Wildman–Crippen LogP) is 9.96. The summed E-state index contributed by atoms with van der Waals surface area (Å²) in [6, 6.07) is 15.5. The summed E-state index contributed by atoms with van der Waals surface area (Å²) in [6.07, 6.45) is 19.9. The van der Waals surface area contributed by atoms with E-state index in [0.29, 0.717) is 13.2 Å². The molecule has 0 heterocycles. The Balaban J connectivity index is 1.48. The van der Waals surface area contributed by atoms with Crippen LogP contribution in [0.25, 0.3) is 5.53 Å². The van der Waals surface area contributed by atoms with Crippen LogP contribution in [-0.2, 0) is 9.53 Å². The molecule has 0 saturated heterocycles. The van der Waals surface area contributed by atoms with Crippen LogP contribution in [0.15, 0.2) is 58.8 Å². The summed E-state index contributed by atoms with van der Waals surface area (Å²) < 4.78 is 16.6. The van der Waals surface area contributed by atoms with Gasteiger partial charge in [0, 0.05) is 0 Å². The van der Waals surface area contributed by atoms with Crippen molar-refractivity contribution in [2.45, 2.75) is 110 Å². The third-order valence-electron chi connectivity index (χ3n) is 6.94. The van der Waals surface area contributed by atoms with Gasteiger partial charge in [0.05, 0.1) is 31.2 Å². The SMILES string of the molecule is CCCCCCCCCCOc1ccc(/N=N/c2ccc(OCCCCCCCCCCOC(=O)C=[N+]=[N-])cc2)cc1. The molecule has 0 N–H and O–H groups in total. The lowest BCUT2D eigenvalue weighted by Crippen LogP contribution is -2.07. The highest BCUT2D eigenvalue weighted by molar-refractivity contribution is 6.20. The van der Waals surface area contributed by atoms with E-state index in [1.54, 1.807) is 0 Å². The van der Waals surface area contributed by atoms with E-state index in [9.17, 15) is 4.79 Å². The number of esters is 1. The third kappa shape index (κ3) is 18.0. The molecule has 0 aliphatic heterocycles. The quantitative estimate of drug-likeness (QED) is 0.0384. The molecule has 0 saturated carbocycles. The van der Waals surface area contributed by atoms with Crippen molar-refractivity contribution < 1.29 is 23.8 Å². The molecular formula is C34H50N4O4. The second kappa shape index (κ2) is 24.1. The Kier molecular flexibility index (Phi) is 19.9. The summed E-state index contributed by atoms with van der Waals surface area (Å²) >= 11 is 0. The van der Waals surface area contributed by atoms with Gasteiger partial charge in [-0.15, -0.1) is 0 Å². The van der Waals surface area contributed by atoms with Crippen LogP contribution in [0.1, 0.15) is 110 Å². The number of azo groups is 1. The molecule has 0 aromatic heterocycles. The number of nitrogens with zero attached hydrogens (tertiary/aromatic N) is 4. The van der Waals surface area contributed by atoms with Gasteiger partial charge < -0.3 is 19.7 Å². The number of rotatable bonds is 25. The smallest absolute Gasteiger partial charge is 0.413 e. The Morgan fingerprint density at radius 1 is 0.619 bits per heavy atom. The first-order valence-electron chi connectivity index (χ1n) is 15.9. The number of unbranched alkanes of at least 4 members (excludes halogenated alkanes) is 14. The van der Waals surface area contributed by atoms with Crippen molar-refractivity contribution in [3.05, 3.63) is 54.1 Å². The summed E-state index contributed by atoms with van der Waals surface area (Å²) in [5.41, 5.74) is 9.82. The first-order valence-corrected chi connectivity index (χ1v) is 15.9. The normalized spacial score (nSPS) is 10.9. The second-order valence-corrected chi connectivity index (χ2v) is 10.6. The van der Waals surface area contributed by atoms with Gasteiger partial charge in [-0.25, -0.2) is 4.79 Å². The molecule has 0 spiro atoms. The van der Waals surface area contributed by atoms with Crippen molar-refractivity contribution in [3.63, 3.8) is 0 Å². The summed E-state index contributed by atoms with van der Waals surface area (Å²) in [5, 5.41) is 8.68. The summed E-state index contributed by atoms with van der Waals surface area (Å²) in [4.78, 5) is 13.6. The minimum absolute atomic E-state index is 0.370. The van der Waals surface area contributed by atoms with E-state index >= 15 is 0 Å². The van der Waals surface area contributed by atoms with Gasteiger partial charge in [0.1, 0.15) is 11.5 Å². The minimum Gasteiger partial charge on any atom is -0.494 e. The van der Waals surface area contributed by atoms with Crippen LogP contribution in [0, 0.1) is 0 Å². The van der Waals surface area contributed by atoms with E-state index in [1.165, 1.54) is 64.2 Å². The van der Waals surface area contributed by atoms with Crippen molar-refractivity contribution in [1.29, 1.82) is 0 Å². The fourth-order valence-corrected chi connectivity index (χ4v) is 4.47. The lowest BCUT2D eigenvalue weighted by atomic mass is 10.1. The Hall–Kier alpha value is -3.51.